The fraction of sp³-hybridized carbons (Fsp3) is 0.429. The lowest BCUT2D eigenvalue weighted by Gasteiger charge is -2.41. The van der Waals surface area contributed by atoms with Gasteiger partial charge in [0, 0.05) is 0 Å². The van der Waals surface area contributed by atoms with Crippen molar-refractivity contribution in [2.24, 2.45) is 5.41 Å². The van der Waals surface area contributed by atoms with Crippen molar-refractivity contribution in [2.45, 2.75) is 50.7 Å². The first-order chi connectivity index (χ1) is 11.0. The number of benzene rings is 2. The highest BCUT2D eigenvalue weighted by Gasteiger charge is 2.55. The molecule has 0 spiro atoms. The summed E-state index contributed by atoms with van der Waals surface area (Å²) in [5, 5.41) is 0. The summed E-state index contributed by atoms with van der Waals surface area (Å²) in [6, 6.07) is 21.1. The average Bonchev–Trinajstić information content (AvgIpc) is 2.78. The molecule has 2 aliphatic heterocycles. The van der Waals surface area contributed by atoms with E-state index in [0.29, 0.717) is 0 Å². The molecule has 2 atom stereocenters. The van der Waals surface area contributed by atoms with Crippen LogP contribution in [0.1, 0.15) is 50.7 Å². The summed E-state index contributed by atoms with van der Waals surface area (Å²) >= 11 is 0. The Morgan fingerprint density at radius 2 is 1.04 bits per heavy atom. The van der Waals surface area contributed by atoms with E-state index in [1.807, 2.05) is 0 Å². The molecule has 2 heteroatoms. The highest BCUT2D eigenvalue weighted by molar-refractivity contribution is 5.29. The van der Waals surface area contributed by atoms with Gasteiger partial charge in [-0.25, -0.2) is 9.78 Å². The zero-order valence-electron chi connectivity index (χ0n) is 13.9. The molecule has 3 aliphatic rings. The van der Waals surface area contributed by atoms with Crippen molar-refractivity contribution in [1.82, 2.24) is 0 Å². The van der Waals surface area contributed by atoms with Gasteiger partial charge in [0.1, 0.15) is 11.2 Å². The van der Waals surface area contributed by atoms with E-state index >= 15 is 0 Å². The summed E-state index contributed by atoms with van der Waals surface area (Å²) in [4.78, 5) is 12.3. The third kappa shape index (κ3) is 2.50. The van der Waals surface area contributed by atoms with Crippen molar-refractivity contribution in [3.05, 3.63) is 71.8 Å². The second-order valence-corrected chi connectivity index (χ2v) is 7.91. The molecule has 0 N–H and O–H groups in total. The van der Waals surface area contributed by atoms with E-state index in [-0.39, 0.29) is 16.6 Å². The van der Waals surface area contributed by atoms with Gasteiger partial charge in [-0.1, -0.05) is 74.5 Å². The zero-order valence-corrected chi connectivity index (χ0v) is 13.9. The molecule has 120 valence electrons. The lowest BCUT2D eigenvalue weighted by atomic mass is 9.74. The summed E-state index contributed by atoms with van der Waals surface area (Å²) in [6.07, 6.45) is 3.96. The van der Waals surface area contributed by atoms with Gasteiger partial charge in [0.05, 0.1) is 0 Å². The first-order valence-electron chi connectivity index (χ1n) is 8.52. The smallest absolute Gasteiger partial charge is 0.129 e. The zero-order chi connectivity index (χ0) is 16.0. The van der Waals surface area contributed by atoms with Crippen LogP contribution in [0.4, 0.5) is 0 Å². The van der Waals surface area contributed by atoms with Crippen molar-refractivity contribution in [3.8, 4) is 0 Å². The Morgan fingerprint density at radius 3 is 1.39 bits per heavy atom. The van der Waals surface area contributed by atoms with Gasteiger partial charge in [-0.3, -0.25) is 0 Å². The Balaban J connectivity index is 1.77. The maximum absolute atomic E-state index is 6.17. The molecule has 5 rings (SSSR count). The van der Waals surface area contributed by atoms with Crippen LogP contribution in [0.2, 0.25) is 0 Å². The average molecular weight is 308 g/mol. The van der Waals surface area contributed by atoms with E-state index in [0.717, 1.165) is 25.7 Å². The molecule has 0 radical (unpaired) electrons. The molecule has 2 bridgehead atoms. The van der Waals surface area contributed by atoms with Gasteiger partial charge in [0.15, 0.2) is 0 Å². The van der Waals surface area contributed by atoms with Crippen molar-refractivity contribution < 1.29 is 9.78 Å². The van der Waals surface area contributed by atoms with Crippen molar-refractivity contribution in [2.75, 3.05) is 0 Å². The van der Waals surface area contributed by atoms with E-state index in [1.54, 1.807) is 0 Å². The van der Waals surface area contributed by atoms with Crippen LogP contribution in [0, 0.1) is 5.41 Å². The summed E-state index contributed by atoms with van der Waals surface area (Å²) in [6.45, 7) is 4.68. The monoisotopic (exact) mass is 308 g/mol. The molecule has 0 amide bonds. The lowest BCUT2D eigenvalue weighted by Crippen LogP contribution is -2.40. The third-order valence-corrected chi connectivity index (χ3v) is 5.42. The van der Waals surface area contributed by atoms with Crippen LogP contribution in [0.15, 0.2) is 60.7 Å². The van der Waals surface area contributed by atoms with Gasteiger partial charge < -0.3 is 0 Å². The third-order valence-electron chi connectivity index (χ3n) is 5.42. The number of hydrogen-bond donors (Lipinski definition) is 0. The molecule has 2 aromatic rings. The van der Waals surface area contributed by atoms with Gasteiger partial charge in [-0.2, -0.15) is 0 Å². The van der Waals surface area contributed by atoms with Crippen molar-refractivity contribution >= 4 is 0 Å². The Bertz CT molecular complexity index is 608. The molecule has 1 aliphatic carbocycles. The van der Waals surface area contributed by atoms with E-state index in [1.165, 1.54) is 11.1 Å². The Morgan fingerprint density at radius 1 is 0.652 bits per heavy atom. The van der Waals surface area contributed by atoms with Crippen LogP contribution >= 0.6 is 0 Å². The predicted octanol–water partition coefficient (Wildman–Crippen LogP) is 5.34. The van der Waals surface area contributed by atoms with Gasteiger partial charge in [0.25, 0.3) is 0 Å². The highest BCUT2D eigenvalue weighted by atomic mass is 17.2. The molecule has 0 unspecified atom stereocenters. The first kappa shape index (κ1) is 14.9. The first-order valence-corrected chi connectivity index (χ1v) is 8.52. The maximum atomic E-state index is 6.17. The largest absolute Gasteiger partial charge is 0.224 e. The quantitative estimate of drug-likeness (QED) is 0.697. The van der Waals surface area contributed by atoms with Crippen LogP contribution in [-0.4, -0.2) is 0 Å². The van der Waals surface area contributed by atoms with Crippen molar-refractivity contribution in [3.63, 3.8) is 0 Å². The topological polar surface area (TPSA) is 18.5 Å². The predicted molar refractivity (Wildman–Crippen MR) is 90.7 cm³/mol. The maximum Gasteiger partial charge on any atom is 0.129 e. The summed E-state index contributed by atoms with van der Waals surface area (Å²) in [7, 11) is 0. The van der Waals surface area contributed by atoms with Gasteiger partial charge in [0.2, 0.25) is 0 Å². The van der Waals surface area contributed by atoms with Crippen LogP contribution in [0.5, 0.6) is 0 Å². The van der Waals surface area contributed by atoms with Gasteiger partial charge in [-0.15, -0.1) is 0 Å². The molecule has 2 saturated heterocycles. The second-order valence-electron chi connectivity index (χ2n) is 7.91. The van der Waals surface area contributed by atoms with Crippen molar-refractivity contribution in [1.29, 1.82) is 0 Å². The molecule has 0 aromatic heterocycles. The summed E-state index contributed by atoms with van der Waals surface area (Å²) < 4.78 is 0. The number of fused-ring (bicyclic) bond motifs is 4. The van der Waals surface area contributed by atoms with Crippen LogP contribution < -0.4 is 0 Å². The number of hydrogen-bond acceptors (Lipinski definition) is 2. The molecular weight excluding hydrogens is 284 g/mol. The van der Waals surface area contributed by atoms with Crippen LogP contribution in [-0.2, 0) is 21.0 Å². The minimum atomic E-state index is -0.320. The minimum Gasteiger partial charge on any atom is -0.224 e. The molecule has 3 fully saturated rings. The summed E-state index contributed by atoms with van der Waals surface area (Å²) in [5.74, 6) is 0. The normalized spacial score (nSPS) is 32.4. The fourth-order valence-corrected chi connectivity index (χ4v) is 4.56. The second kappa shape index (κ2) is 5.19. The van der Waals surface area contributed by atoms with E-state index in [9.17, 15) is 0 Å². The Labute approximate surface area is 138 Å². The van der Waals surface area contributed by atoms with E-state index in [2.05, 4.69) is 74.5 Å². The van der Waals surface area contributed by atoms with Crippen LogP contribution in [0.25, 0.3) is 0 Å². The Hall–Kier alpha value is -1.64. The molecule has 1 saturated carbocycles. The van der Waals surface area contributed by atoms with Gasteiger partial charge in [-0.05, 0) is 42.2 Å². The SMILES string of the molecule is CC1(C)C[C@@]2(c3ccccc3)CC[C@@](c3ccccc3)(C1)OO2. The molecule has 23 heavy (non-hydrogen) atoms. The summed E-state index contributed by atoms with van der Waals surface area (Å²) in [5.41, 5.74) is 1.98. The molecule has 2 aromatic carbocycles. The standard InChI is InChI=1S/C21H24O2/c1-19(2)15-20(17-9-5-3-6-10-17)13-14-21(16-19,23-22-20)18-11-7-4-8-12-18/h3-12H,13-16H2,1-2H3/t20-,21+. The minimum absolute atomic E-state index is 0.151. The fourth-order valence-electron chi connectivity index (χ4n) is 4.56. The van der Waals surface area contributed by atoms with E-state index in [4.69, 9.17) is 9.78 Å². The van der Waals surface area contributed by atoms with Gasteiger partial charge >= 0.3 is 0 Å². The lowest BCUT2D eigenvalue weighted by molar-refractivity contribution is -0.444. The molecule has 2 heterocycles. The Kier molecular flexibility index (Phi) is 3.36. The molecule has 2 nitrogen and oxygen atoms in total. The highest BCUT2D eigenvalue weighted by Crippen LogP contribution is 2.58. The number of rotatable bonds is 2. The van der Waals surface area contributed by atoms with Crippen LogP contribution in [0.3, 0.4) is 0 Å². The van der Waals surface area contributed by atoms with E-state index < -0.39 is 0 Å². The molecular formula is C21H24O2.